The van der Waals surface area contributed by atoms with Crippen molar-refractivity contribution in [3.05, 3.63) is 181 Å². The third-order valence-electron chi connectivity index (χ3n) is 19.6. The molecular weight excluding hydrogens is 1470 g/mol. The van der Waals surface area contributed by atoms with Gasteiger partial charge >= 0.3 is 0 Å². The van der Waals surface area contributed by atoms with Crippen molar-refractivity contribution in [3.63, 3.8) is 0 Å². The van der Waals surface area contributed by atoms with Gasteiger partial charge in [-0.3, -0.25) is 35.1 Å². The Morgan fingerprint density at radius 2 is 1.00 bits per heavy atom. The number of piperidine rings is 1. The molecule has 28 heteroatoms. The molecule has 6 heterocycles. The zero-order valence-electron chi connectivity index (χ0n) is 58.0. The summed E-state index contributed by atoms with van der Waals surface area (Å²) >= 11 is 30.6. The number of benzene rings is 7. The maximum absolute atomic E-state index is 12.6. The van der Waals surface area contributed by atoms with E-state index >= 15 is 0 Å². The highest BCUT2D eigenvalue weighted by molar-refractivity contribution is 7.90. The molecule has 12 aromatic rings. The third-order valence-corrected chi connectivity index (χ3v) is 22.4. The zero-order chi connectivity index (χ0) is 73.8. The van der Waals surface area contributed by atoms with Crippen molar-refractivity contribution >= 4 is 144 Å². The number of sulfonamides is 1. The van der Waals surface area contributed by atoms with Crippen molar-refractivity contribution in [3.8, 4) is 28.0 Å². The van der Waals surface area contributed by atoms with E-state index < -0.39 is 32.1 Å². The number of likely N-dealkylation sites (tertiary alicyclic amines) is 1. The van der Waals surface area contributed by atoms with E-state index in [-0.39, 0.29) is 23.1 Å². The number of fused-ring (bicyclic) bond motifs is 5. The number of aromatic nitrogens is 10. The fraction of sp³-hybridized carbons (Fsp3) is 0.355. The van der Waals surface area contributed by atoms with E-state index in [9.17, 15) is 36.6 Å². The van der Waals surface area contributed by atoms with Gasteiger partial charge in [0.05, 0.1) is 84.1 Å². The molecular formula is C76H83Cl5N12O9S2. The Labute approximate surface area is 628 Å². The van der Waals surface area contributed by atoms with Crippen molar-refractivity contribution < 1.29 is 41.4 Å². The van der Waals surface area contributed by atoms with Crippen molar-refractivity contribution in [1.29, 1.82) is 0 Å². The SMILES string of the molecule is CC(=O)N1CCC(CCC(=O)c2cc(Cl)cc3[nH]ncc23)CC1.COc1cc(-c2cc(Cl)cc3[nH]ncc23)ccc1S(C)(=O)=O.CS(=O)(=O)NCc1ccc(-c2cc(Cl)cc3[nH]ncc23)cc1.OC(CC1CCCCC1)c1cc(Cl)cc2[nH]ncc12.OC(c1cc(Cl)cc2[nH]ncc12)C1CCCCC1. The molecule has 104 heavy (non-hydrogen) atoms. The summed E-state index contributed by atoms with van der Waals surface area (Å²) in [6.07, 6.45) is 26.6. The second-order valence-corrected chi connectivity index (χ2v) is 32.9. The Balaban J connectivity index is 0.000000130. The summed E-state index contributed by atoms with van der Waals surface area (Å²) in [6.45, 7) is 3.49. The molecule has 2 unspecified atom stereocenters. The van der Waals surface area contributed by atoms with Crippen LogP contribution in [0.4, 0.5) is 0 Å². The summed E-state index contributed by atoms with van der Waals surface area (Å²) in [5, 5.41) is 63.4. The first-order valence-electron chi connectivity index (χ1n) is 34.6. The third kappa shape index (κ3) is 20.0. The van der Waals surface area contributed by atoms with E-state index in [0.717, 1.165) is 158 Å². The molecule has 3 aliphatic rings. The Kier molecular flexibility index (Phi) is 26.0. The minimum atomic E-state index is -3.35. The van der Waals surface area contributed by atoms with Gasteiger partial charge in [-0.05, 0) is 168 Å². The average Bonchev–Trinajstić information content (AvgIpc) is 1.30. The van der Waals surface area contributed by atoms with Crippen LogP contribution in [0, 0.1) is 17.8 Å². The first-order valence-corrected chi connectivity index (χ1v) is 40.2. The second kappa shape index (κ2) is 35.0. The number of hydrogen-bond acceptors (Lipinski definition) is 14. The number of halogens is 5. The van der Waals surface area contributed by atoms with Gasteiger partial charge in [0.25, 0.3) is 0 Å². The van der Waals surface area contributed by atoms with Crippen LogP contribution in [0.3, 0.4) is 0 Å². The molecule has 0 spiro atoms. The van der Waals surface area contributed by atoms with E-state index in [1.165, 1.54) is 64.5 Å². The van der Waals surface area contributed by atoms with E-state index in [1.807, 2.05) is 71.6 Å². The van der Waals surface area contributed by atoms with E-state index in [1.54, 1.807) is 68.2 Å². The van der Waals surface area contributed by atoms with Crippen molar-refractivity contribution in [1.82, 2.24) is 60.6 Å². The van der Waals surface area contributed by atoms with Crippen LogP contribution in [0.2, 0.25) is 25.1 Å². The molecule has 15 rings (SSSR count). The number of aliphatic hydroxyl groups excluding tert-OH is 2. The number of nitrogens with zero attached hydrogens (tertiary/aromatic N) is 6. The Hall–Kier alpha value is -7.94. The Morgan fingerprint density at radius 1 is 0.548 bits per heavy atom. The highest BCUT2D eigenvalue weighted by Gasteiger charge is 2.27. The lowest BCUT2D eigenvalue weighted by molar-refractivity contribution is -0.130. The molecule has 0 bridgehead atoms. The van der Waals surface area contributed by atoms with Gasteiger partial charge in [0.2, 0.25) is 15.9 Å². The van der Waals surface area contributed by atoms with Crippen LogP contribution < -0.4 is 9.46 Å². The maximum Gasteiger partial charge on any atom is 0.219 e. The van der Waals surface area contributed by atoms with Gasteiger partial charge in [-0.2, -0.15) is 25.5 Å². The highest BCUT2D eigenvalue weighted by atomic mass is 35.5. The minimum absolute atomic E-state index is 0.105. The standard InChI is InChI=1S/C17H20ClN3O2.C15H14ClN3O2S.C15H13ClN2O3S.C15H19ClN2O.C14H17ClN2O/c1-11(22)21-6-4-12(5-7-21)2-3-17(23)14-8-13(18)9-16-15(14)10-19-20-16;1-22(20,21)18-8-10-2-4-11(5-3-10)13-6-12(16)7-15-14(13)9-17-19-15;1-21-14-5-9(3-4-15(14)22(2,19)20)11-6-10(16)7-13-12(11)8-17-18-13;16-11-7-12(13-9-17-18-14(13)8-11)15(19)6-10-4-2-1-3-5-10;15-10-6-11(12-8-16-17-13(12)7-10)14(18)9-4-2-1-3-5-9/h8-10,12H,2-7H2,1H3,(H,19,20);2-7,9,18H,8H2,1H3,(H,17,19);3-8H,1-2H3,(H,17,18);7-10,15,19H,1-6H2,(H,17,18);6-9,14,18H,1-5H2,(H,16,17). The molecule has 1 saturated heterocycles. The number of sulfone groups is 1. The van der Waals surface area contributed by atoms with Gasteiger partial charge in [-0.25, -0.2) is 21.6 Å². The van der Waals surface area contributed by atoms with Gasteiger partial charge in [-0.1, -0.05) is 140 Å². The number of Topliss-reactive ketones (excluding diaryl/α,β-unsaturated/α-hetero) is 1. The van der Waals surface area contributed by atoms with Crippen LogP contribution in [-0.2, 0) is 31.2 Å². The maximum atomic E-state index is 12.6. The average molecular weight is 1550 g/mol. The molecule has 2 saturated carbocycles. The number of aliphatic hydroxyl groups is 2. The number of ether oxygens (including phenoxy) is 1. The summed E-state index contributed by atoms with van der Waals surface area (Å²) in [5.74, 6) is 2.05. The van der Waals surface area contributed by atoms with Gasteiger partial charge in [0, 0.05) is 96.8 Å². The number of H-pyrrole nitrogens is 5. The van der Waals surface area contributed by atoms with E-state index in [2.05, 4.69) is 55.7 Å². The molecule has 8 N–H and O–H groups in total. The molecule has 2 atom stereocenters. The first kappa shape index (κ1) is 77.2. The van der Waals surface area contributed by atoms with E-state index in [4.69, 9.17) is 62.7 Å². The Morgan fingerprint density at radius 3 is 1.52 bits per heavy atom. The van der Waals surface area contributed by atoms with Crippen LogP contribution in [0.25, 0.3) is 76.8 Å². The fourth-order valence-electron chi connectivity index (χ4n) is 14.1. The summed E-state index contributed by atoms with van der Waals surface area (Å²) in [6, 6.07) is 30.9. The van der Waals surface area contributed by atoms with Crippen LogP contribution in [-0.4, -0.2) is 127 Å². The van der Waals surface area contributed by atoms with Crippen molar-refractivity contribution in [2.75, 3.05) is 32.7 Å². The monoisotopic (exact) mass is 1550 g/mol. The van der Waals surface area contributed by atoms with Crippen LogP contribution in [0.5, 0.6) is 5.75 Å². The van der Waals surface area contributed by atoms with Crippen LogP contribution >= 0.6 is 58.0 Å². The number of aromatic amines is 5. The van der Waals surface area contributed by atoms with Gasteiger partial charge < -0.3 is 19.8 Å². The van der Waals surface area contributed by atoms with Gasteiger partial charge in [0.15, 0.2) is 15.6 Å². The van der Waals surface area contributed by atoms with Crippen LogP contribution in [0.15, 0.2) is 139 Å². The van der Waals surface area contributed by atoms with Crippen molar-refractivity contribution in [2.24, 2.45) is 17.8 Å². The van der Waals surface area contributed by atoms with Gasteiger partial charge in [-0.15, -0.1) is 0 Å². The summed E-state index contributed by atoms with van der Waals surface area (Å²) in [4.78, 5) is 25.9. The predicted molar refractivity (Wildman–Crippen MR) is 414 cm³/mol. The number of hydrogen-bond donors (Lipinski definition) is 8. The number of methoxy groups -OCH3 is 1. The topological polar surface area (TPSA) is 311 Å². The molecule has 2 aliphatic carbocycles. The molecule has 1 amide bonds. The molecule has 0 radical (unpaired) electrons. The van der Waals surface area contributed by atoms with Crippen molar-refractivity contribution in [2.45, 2.75) is 127 Å². The normalized spacial score (nSPS) is 15.3. The number of carbonyl (C=O) groups is 2. The first-order chi connectivity index (χ1) is 49.9. The van der Waals surface area contributed by atoms with E-state index in [0.29, 0.717) is 60.6 Å². The number of ketones is 1. The lowest BCUT2D eigenvalue weighted by Gasteiger charge is -2.31. The second-order valence-electron chi connectivity index (χ2n) is 26.9. The highest BCUT2D eigenvalue weighted by Crippen LogP contribution is 2.41. The Bertz CT molecular complexity index is 5200. The summed E-state index contributed by atoms with van der Waals surface area (Å²) < 4.78 is 53.5. The molecule has 3 fully saturated rings. The number of amides is 1. The lowest BCUT2D eigenvalue weighted by Crippen LogP contribution is -2.37. The summed E-state index contributed by atoms with van der Waals surface area (Å²) in [5.41, 5.74) is 11.3. The predicted octanol–water partition coefficient (Wildman–Crippen LogP) is 17.7. The smallest absolute Gasteiger partial charge is 0.219 e. The minimum Gasteiger partial charge on any atom is -0.495 e. The number of carbonyl (C=O) groups excluding carboxylic acids is 2. The summed E-state index contributed by atoms with van der Waals surface area (Å²) in [7, 11) is -5.10. The largest absolute Gasteiger partial charge is 0.495 e. The molecule has 548 valence electrons. The quantitative estimate of drug-likeness (QED) is 0.0417. The van der Waals surface area contributed by atoms with Crippen LogP contribution in [0.1, 0.15) is 142 Å². The molecule has 21 nitrogen and oxygen atoms in total. The van der Waals surface area contributed by atoms with Gasteiger partial charge in [0.1, 0.15) is 10.6 Å². The molecule has 7 aromatic carbocycles. The fourth-order valence-corrected chi connectivity index (χ4v) is 16.5. The zero-order valence-corrected chi connectivity index (χ0v) is 63.4. The molecule has 5 aromatic heterocycles. The number of rotatable bonds is 16. The lowest BCUT2D eigenvalue weighted by atomic mass is 9.82. The number of nitrogens with one attached hydrogen (secondary N) is 6. The molecule has 1 aliphatic heterocycles.